The first-order valence-electron chi connectivity index (χ1n) is 8.59. The molecule has 3 atom stereocenters. The molecule has 2 fully saturated rings. The molecule has 21 heavy (non-hydrogen) atoms. The monoisotopic (exact) mass is 287 g/mol. The molecule has 3 rings (SSSR count). The SMILES string of the molecule is CC1CNC(CNc2ccccc2)CC1N1CCCCC1. The number of rotatable bonds is 4. The Hall–Kier alpha value is -1.06. The van der Waals surface area contributed by atoms with Crippen molar-refractivity contribution in [2.24, 2.45) is 5.92 Å². The fraction of sp³-hybridized carbons (Fsp3) is 0.667. The molecule has 1 aromatic rings. The van der Waals surface area contributed by atoms with E-state index in [0.29, 0.717) is 6.04 Å². The first-order chi connectivity index (χ1) is 10.3. The summed E-state index contributed by atoms with van der Waals surface area (Å²) in [5, 5.41) is 7.29. The summed E-state index contributed by atoms with van der Waals surface area (Å²) in [6, 6.07) is 11.9. The third-order valence-electron chi connectivity index (χ3n) is 5.10. The Bertz CT molecular complexity index is 414. The van der Waals surface area contributed by atoms with Crippen LogP contribution in [0.1, 0.15) is 32.6 Å². The van der Waals surface area contributed by atoms with Crippen molar-refractivity contribution in [1.82, 2.24) is 10.2 Å². The van der Waals surface area contributed by atoms with Crippen molar-refractivity contribution >= 4 is 5.69 Å². The van der Waals surface area contributed by atoms with Crippen molar-refractivity contribution < 1.29 is 0 Å². The van der Waals surface area contributed by atoms with Gasteiger partial charge in [-0.2, -0.15) is 0 Å². The van der Waals surface area contributed by atoms with E-state index in [4.69, 9.17) is 0 Å². The van der Waals surface area contributed by atoms with Crippen LogP contribution in [0.4, 0.5) is 5.69 Å². The van der Waals surface area contributed by atoms with Crippen molar-refractivity contribution in [2.75, 3.05) is 31.5 Å². The van der Waals surface area contributed by atoms with Crippen LogP contribution < -0.4 is 10.6 Å². The molecule has 2 saturated heterocycles. The van der Waals surface area contributed by atoms with E-state index >= 15 is 0 Å². The number of benzene rings is 1. The Kier molecular flexibility index (Phi) is 5.15. The maximum Gasteiger partial charge on any atom is 0.0340 e. The molecule has 1 aromatic carbocycles. The third-order valence-corrected chi connectivity index (χ3v) is 5.10. The highest BCUT2D eigenvalue weighted by Gasteiger charge is 2.31. The van der Waals surface area contributed by atoms with Crippen LogP contribution in [0.3, 0.4) is 0 Å². The minimum absolute atomic E-state index is 0.591. The van der Waals surface area contributed by atoms with E-state index in [-0.39, 0.29) is 0 Å². The number of anilines is 1. The lowest BCUT2D eigenvalue weighted by atomic mass is 9.88. The van der Waals surface area contributed by atoms with Gasteiger partial charge in [0, 0.05) is 24.3 Å². The van der Waals surface area contributed by atoms with Crippen LogP contribution in [0.2, 0.25) is 0 Å². The zero-order valence-electron chi connectivity index (χ0n) is 13.2. The second kappa shape index (κ2) is 7.28. The molecule has 2 aliphatic heterocycles. The number of likely N-dealkylation sites (tertiary alicyclic amines) is 1. The van der Waals surface area contributed by atoms with Gasteiger partial charge in [-0.05, 0) is 56.9 Å². The lowest BCUT2D eigenvalue weighted by Gasteiger charge is -2.43. The van der Waals surface area contributed by atoms with Gasteiger partial charge in [0.05, 0.1) is 0 Å². The molecule has 3 heteroatoms. The van der Waals surface area contributed by atoms with Gasteiger partial charge in [-0.1, -0.05) is 31.5 Å². The molecule has 0 spiro atoms. The largest absolute Gasteiger partial charge is 0.383 e. The van der Waals surface area contributed by atoms with E-state index in [0.717, 1.165) is 25.0 Å². The number of piperidine rings is 2. The third kappa shape index (κ3) is 3.98. The molecule has 3 nitrogen and oxygen atoms in total. The van der Waals surface area contributed by atoms with Crippen molar-refractivity contribution in [3.8, 4) is 0 Å². The topological polar surface area (TPSA) is 27.3 Å². The number of nitrogens with one attached hydrogen (secondary N) is 2. The van der Waals surface area contributed by atoms with Gasteiger partial charge in [0.2, 0.25) is 0 Å². The minimum Gasteiger partial charge on any atom is -0.383 e. The fourth-order valence-electron chi connectivity index (χ4n) is 3.81. The molecular formula is C18H29N3. The molecule has 0 radical (unpaired) electrons. The molecular weight excluding hydrogens is 258 g/mol. The standard InChI is InChI=1S/C18H29N3/c1-15-13-19-17(14-20-16-8-4-2-5-9-16)12-18(15)21-10-6-3-7-11-21/h2,4-5,8-9,15,17-20H,3,6-7,10-14H2,1H3. The first-order valence-corrected chi connectivity index (χ1v) is 8.59. The smallest absolute Gasteiger partial charge is 0.0340 e. The first kappa shape index (κ1) is 14.9. The zero-order chi connectivity index (χ0) is 14.5. The van der Waals surface area contributed by atoms with Crippen molar-refractivity contribution in [2.45, 2.75) is 44.7 Å². The molecule has 0 bridgehead atoms. The highest BCUT2D eigenvalue weighted by atomic mass is 15.2. The predicted octanol–water partition coefficient (Wildman–Crippen LogP) is 2.95. The molecule has 0 aromatic heterocycles. The highest BCUT2D eigenvalue weighted by molar-refractivity contribution is 5.42. The molecule has 2 heterocycles. The van der Waals surface area contributed by atoms with Crippen molar-refractivity contribution in [3.63, 3.8) is 0 Å². The lowest BCUT2D eigenvalue weighted by Crippen LogP contribution is -2.55. The molecule has 0 aliphatic carbocycles. The summed E-state index contributed by atoms with van der Waals surface area (Å²) in [7, 11) is 0. The van der Waals surface area contributed by atoms with Gasteiger partial charge in [-0.15, -0.1) is 0 Å². The number of hydrogen-bond donors (Lipinski definition) is 2. The van der Waals surface area contributed by atoms with Crippen LogP contribution >= 0.6 is 0 Å². The summed E-state index contributed by atoms with van der Waals surface area (Å²) in [4.78, 5) is 2.75. The van der Waals surface area contributed by atoms with Gasteiger partial charge in [0.1, 0.15) is 0 Å². The second-order valence-corrected chi connectivity index (χ2v) is 6.73. The van der Waals surface area contributed by atoms with Crippen LogP contribution in [0.5, 0.6) is 0 Å². The van der Waals surface area contributed by atoms with Crippen LogP contribution in [0, 0.1) is 5.92 Å². The van der Waals surface area contributed by atoms with Crippen LogP contribution in [0.15, 0.2) is 30.3 Å². The average molecular weight is 287 g/mol. The minimum atomic E-state index is 0.591. The molecule has 2 aliphatic rings. The average Bonchev–Trinajstić information content (AvgIpc) is 2.56. The highest BCUT2D eigenvalue weighted by Crippen LogP contribution is 2.24. The second-order valence-electron chi connectivity index (χ2n) is 6.73. The molecule has 0 amide bonds. The van der Waals surface area contributed by atoms with Crippen LogP contribution in [-0.4, -0.2) is 43.2 Å². The zero-order valence-corrected chi connectivity index (χ0v) is 13.2. The number of nitrogens with zero attached hydrogens (tertiary/aromatic N) is 1. The Morgan fingerprint density at radius 1 is 1.14 bits per heavy atom. The van der Waals surface area contributed by atoms with Gasteiger partial charge in [0.25, 0.3) is 0 Å². The fourth-order valence-corrected chi connectivity index (χ4v) is 3.81. The van der Waals surface area contributed by atoms with Gasteiger partial charge >= 0.3 is 0 Å². The van der Waals surface area contributed by atoms with Gasteiger partial charge in [0.15, 0.2) is 0 Å². The summed E-state index contributed by atoms with van der Waals surface area (Å²) < 4.78 is 0. The quantitative estimate of drug-likeness (QED) is 0.891. The molecule has 116 valence electrons. The van der Waals surface area contributed by atoms with E-state index < -0.39 is 0 Å². The summed E-state index contributed by atoms with van der Waals surface area (Å²) in [6.45, 7) is 7.22. The van der Waals surface area contributed by atoms with Crippen LogP contribution in [-0.2, 0) is 0 Å². The Morgan fingerprint density at radius 2 is 1.90 bits per heavy atom. The Balaban J connectivity index is 1.52. The summed E-state index contributed by atoms with van der Waals surface area (Å²) in [5.41, 5.74) is 1.23. The van der Waals surface area contributed by atoms with Crippen molar-refractivity contribution in [3.05, 3.63) is 30.3 Å². The number of para-hydroxylation sites is 1. The summed E-state index contributed by atoms with van der Waals surface area (Å²) in [5.74, 6) is 0.774. The van der Waals surface area contributed by atoms with Gasteiger partial charge in [-0.3, -0.25) is 0 Å². The van der Waals surface area contributed by atoms with Gasteiger partial charge < -0.3 is 15.5 Å². The van der Waals surface area contributed by atoms with Crippen molar-refractivity contribution in [1.29, 1.82) is 0 Å². The Morgan fingerprint density at radius 3 is 2.67 bits per heavy atom. The Labute approximate surface area is 129 Å². The van der Waals surface area contributed by atoms with E-state index in [1.165, 1.54) is 44.5 Å². The normalized spacial score (nSPS) is 31.0. The summed E-state index contributed by atoms with van der Waals surface area (Å²) in [6.07, 6.45) is 5.49. The van der Waals surface area contributed by atoms with Crippen LogP contribution in [0.25, 0.3) is 0 Å². The maximum absolute atomic E-state index is 3.72. The molecule has 2 N–H and O–H groups in total. The molecule has 0 saturated carbocycles. The summed E-state index contributed by atoms with van der Waals surface area (Å²) >= 11 is 0. The lowest BCUT2D eigenvalue weighted by molar-refractivity contribution is 0.0854. The molecule has 3 unspecified atom stereocenters. The maximum atomic E-state index is 3.72. The predicted molar refractivity (Wildman–Crippen MR) is 89.7 cm³/mol. The number of hydrogen-bond acceptors (Lipinski definition) is 3. The van der Waals surface area contributed by atoms with E-state index in [1.807, 2.05) is 0 Å². The van der Waals surface area contributed by atoms with E-state index in [9.17, 15) is 0 Å². The van der Waals surface area contributed by atoms with E-state index in [1.54, 1.807) is 0 Å². The van der Waals surface area contributed by atoms with Gasteiger partial charge in [-0.25, -0.2) is 0 Å². The van der Waals surface area contributed by atoms with E-state index in [2.05, 4.69) is 52.8 Å².